The third-order valence-electron chi connectivity index (χ3n) is 2.91. The monoisotopic (exact) mass is 318 g/mol. The second kappa shape index (κ2) is 7.52. The summed E-state index contributed by atoms with van der Waals surface area (Å²) in [5.74, 6) is 0.336. The largest absolute Gasteiger partial charge is 0.496 e. The number of aliphatic carboxylic acids is 1. The molecule has 0 radical (unpaired) electrons. The van der Waals surface area contributed by atoms with Crippen LogP contribution in [0.25, 0.3) is 6.08 Å². The first kappa shape index (κ1) is 15.9. The van der Waals surface area contributed by atoms with Gasteiger partial charge in [0.1, 0.15) is 18.1 Å². The van der Waals surface area contributed by atoms with Gasteiger partial charge in [-0.05, 0) is 42.0 Å². The number of halogens is 1. The van der Waals surface area contributed by atoms with E-state index in [1.165, 1.54) is 6.08 Å². The summed E-state index contributed by atoms with van der Waals surface area (Å²) < 4.78 is 11.0. The van der Waals surface area contributed by atoms with Gasteiger partial charge < -0.3 is 14.6 Å². The van der Waals surface area contributed by atoms with E-state index in [0.717, 1.165) is 17.2 Å². The third kappa shape index (κ3) is 4.53. The Kier molecular flexibility index (Phi) is 5.44. The Morgan fingerprint density at radius 1 is 1.27 bits per heavy atom. The van der Waals surface area contributed by atoms with Gasteiger partial charge in [-0.3, -0.25) is 0 Å². The van der Waals surface area contributed by atoms with Crippen LogP contribution in [0.15, 0.2) is 48.5 Å². The molecule has 0 aliphatic heterocycles. The Hall–Kier alpha value is -2.46. The van der Waals surface area contributed by atoms with Gasteiger partial charge in [0, 0.05) is 16.7 Å². The maximum absolute atomic E-state index is 10.6. The van der Waals surface area contributed by atoms with Crippen molar-refractivity contribution in [3.8, 4) is 11.5 Å². The predicted molar refractivity (Wildman–Crippen MR) is 85.4 cm³/mol. The first-order valence-corrected chi connectivity index (χ1v) is 6.92. The first-order valence-electron chi connectivity index (χ1n) is 6.55. The number of ether oxygens (including phenoxy) is 2. The lowest BCUT2D eigenvalue weighted by atomic mass is 10.1. The minimum atomic E-state index is -0.993. The summed E-state index contributed by atoms with van der Waals surface area (Å²) in [6.45, 7) is 0.290. The summed E-state index contributed by atoms with van der Waals surface area (Å²) in [6, 6.07) is 12.5. The van der Waals surface area contributed by atoms with E-state index in [1.807, 2.05) is 12.1 Å². The predicted octanol–water partition coefficient (Wildman–Crippen LogP) is 4.03. The average Bonchev–Trinajstić information content (AvgIpc) is 2.51. The molecule has 0 unspecified atom stereocenters. The van der Waals surface area contributed by atoms with Crippen molar-refractivity contribution in [3.05, 3.63) is 64.7 Å². The number of carboxylic acids is 1. The summed E-state index contributed by atoms with van der Waals surface area (Å²) in [5, 5.41) is 9.27. The second-order valence-corrected chi connectivity index (χ2v) is 4.93. The Morgan fingerprint density at radius 2 is 2.09 bits per heavy atom. The normalized spacial score (nSPS) is 10.6. The lowest BCUT2D eigenvalue weighted by Crippen LogP contribution is -1.99. The minimum Gasteiger partial charge on any atom is -0.496 e. The summed E-state index contributed by atoms with van der Waals surface area (Å²) in [5.41, 5.74) is 1.57. The number of hydrogen-bond acceptors (Lipinski definition) is 3. The highest BCUT2D eigenvalue weighted by molar-refractivity contribution is 6.30. The molecule has 0 atom stereocenters. The van der Waals surface area contributed by atoms with Crippen molar-refractivity contribution in [2.45, 2.75) is 6.61 Å². The van der Waals surface area contributed by atoms with Gasteiger partial charge in [-0.1, -0.05) is 23.7 Å². The molecule has 0 bridgehead atoms. The van der Waals surface area contributed by atoms with Crippen molar-refractivity contribution < 1.29 is 19.4 Å². The molecule has 0 aliphatic rings. The molecule has 2 aromatic carbocycles. The van der Waals surface area contributed by atoms with Crippen LogP contribution in [0.5, 0.6) is 11.5 Å². The molecule has 0 saturated heterocycles. The van der Waals surface area contributed by atoms with E-state index < -0.39 is 5.97 Å². The first-order chi connectivity index (χ1) is 10.6. The van der Waals surface area contributed by atoms with Crippen LogP contribution in [0, 0.1) is 0 Å². The summed E-state index contributed by atoms with van der Waals surface area (Å²) >= 11 is 5.91. The standard InChI is InChI=1S/C17H15ClO4/c1-21-16-7-5-12(6-8-17(19)20)9-13(16)11-22-15-4-2-3-14(18)10-15/h2-10H,11H2,1H3,(H,19,20). The molecule has 5 heteroatoms. The number of hydrogen-bond donors (Lipinski definition) is 1. The molecule has 4 nitrogen and oxygen atoms in total. The second-order valence-electron chi connectivity index (χ2n) is 4.49. The number of rotatable bonds is 6. The van der Waals surface area contributed by atoms with Crippen molar-refractivity contribution in [2.75, 3.05) is 7.11 Å². The van der Waals surface area contributed by atoms with Crippen LogP contribution in [0.1, 0.15) is 11.1 Å². The quantitative estimate of drug-likeness (QED) is 0.817. The molecule has 2 rings (SSSR count). The number of methoxy groups -OCH3 is 1. The van der Waals surface area contributed by atoms with Gasteiger partial charge in [-0.2, -0.15) is 0 Å². The maximum Gasteiger partial charge on any atom is 0.328 e. The van der Waals surface area contributed by atoms with Gasteiger partial charge >= 0.3 is 5.97 Å². The third-order valence-corrected chi connectivity index (χ3v) is 3.15. The van der Waals surface area contributed by atoms with E-state index >= 15 is 0 Å². The zero-order chi connectivity index (χ0) is 15.9. The van der Waals surface area contributed by atoms with Gasteiger partial charge in [0.2, 0.25) is 0 Å². The molecule has 0 amide bonds. The average molecular weight is 319 g/mol. The van der Waals surface area contributed by atoms with Gasteiger partial charge in [-0.15, -0.1) is 0 Å². The Labute approximate surface area is 133 Å². The SMILES string of the molecule is COc1ccc(C=CC(=O)O)cc1COc1cccc(Cl)c1. The van der Waals surface area contributed by atoms with E-state index in [4.69, 9.17) is 26.2 Å². The van der Waals surface area contributed by atoms with E-state index in [2.05, 4.69) is 0 Å². The van der Waals surface area contributed by atoms with Crippen LogP contribution < -0.4 is 9.47 Å². The number of carbonyl (C=O) groups is 1. The summed E-state index contributed by atoms with van der Waals surface area (Å²) in [6.07, 6.45) is 2.61. The van der Waals surface area contributed by atoms with Crippen LogP contribution in [-0.2, 0) is 11.4 Å². The van der Waals surface area contributed by atoms with E-state index in [-0.39, 0.29) is 6.61 Å². The van der Waals surface area contributed by atoms with Crippen molar-refractivity contribution in [1.82, 2.24) is 0 Å². The highest BCUT2D eigenvalue weighted by Gasteiger charge is 2.05. The molecular formula is C17H15ClO4. The minimum absolute atomic E-state index is 0.290. The number of benzene rings is 2. The van der Waals surface area contributed by atoms with Gasteiger partial charge in [0.15, 0.2) is 0 Å². The lowest BCUT2D eigenvalue weighted by molar-refractivity contribution is -0.131. The van der Waals surface area contributed by atoms with Crippen molar-refractivity contribution in [3.63, 3.8) is 0 Å². The zero-order valence-electron chi connectivity index (χ0n) is 12.0. The molecule has 0 aromatic heterocycles. The highest BCUT2D eigenvalue weighted by atomic mass is 35.5. The topological polar surface area (TPSA) is 55.8 Å². The van der Waals surface area contributed by atoms with E-state index in [1.54, 1.807) is 37.4 Å². The van der Waals surface area contributed by atoms with Crippen molar-refractivity contribution in [1.29, 1.82) is 0 Å². The van der Waals surface area contributed by atoms with Gasteiger partial charge in [-0.25, -0.2) is 4.79 Å². The number of carboxylic acid groups (broad SMARTS) is 1. The van der Waals surface area contributed by atoms with Crippen LogP contribution in [0.3, 0.4) is 0 Å². The Bertz CT molecular complexity index is 695. The van der Waals surface area contributed by atoms with Gasteiger partial charge in [0.25, 0.3) is 0 Å². The van der Waals surface area contributed by atoms with Crippen molar-refractivity contribution in [2.24, 2.45) is 0 Å². The molecule has 0 aliphatic carbocycles. The molecule has 0 spiro atoms. The van der Waals surface area contributed by atoms with Crippen molar-refractivity contribution >= 4 is 23.6 Å². The molecule has 0 saturated carbocycles. The molecule has 0 heterocycles. The van der Waals surface area contributed by atoms with Crippen LogP contribution in [-0.4, -0.2) is 18.2 Å². The van der Waals surface area contributed by atoms with E-state index in [9.17, 15) is 4.79 Å². The fourth-order valence-corrected chi connectivity index (χ4v) is 2.08. The summed E-state index contributed by atoms with van der Waals surface area (Å²) in [4.78, 5) is 10.6. The van der Waals surface area contributed by atoms with Crippen LogP contribution >= 0.6 is 11.6 Å². The fraction of sp³-hybridized carbons (Fsp3) is 0.118. The van der Waals surface area contributed by atoms with Crippen LogP contribution in [0.2, 0.25) is 5.02 Å². The lowest BCUT2D eigenvalue weighted by Gasteiger charge is -2.11. The smallest absolute Gasteiger partial charge is 0.328 e. The maximum atomic E-state index is 10.6. The van der Waals surface area contributed by atoms with Crippen LogP contribution in [0.4, 0.5) is 0 Å². The fourth-order valence-electron chi connectivity index (χ4n) is 1.90. The summed E-state index contributed by atoms with van der Waals surface area (Å²) in [7, 11) is 1.57. The highest BCUT2D eigenvalue weighted by Crippen LogP contribution is 2.24. The molecule has 114 valence electrons. The molecule has 2 aromatic rings. The zero-order valence-corrected chi connectivity index (χ0v) is 12.7. The molecular weight excluding hydrogens is 304 g/mol. The molecule has 0 fully saturated rings. The molecule has 1 N–H and O–H groups in total. The molecule has 22 heavy (non-hydrogen) atoms. The van der Waals surface area contributed by atoms with Gasteiger partial charge in [0.05, 0.1) is 7.11 Å². The Balaban J connectivity index is 2.17. The Morgan fingerprint density at radius 3 is 2.77 bits per heavy atom. The van der Waals surface area contributed by atoms with E-state index in [0.29, 0.717) is 16.5 Å².